The van der Waals surface area contributed by atoms with Crippen LogP contribution in [0.5, 0.6) is 11.5 Å². The molecule has 266 valence electrons. The molecule has 6 aromatic rings. The first-order valence-corrected chi connectivity index (χ1v) is 17.7. The van der Waals surface area contributed by atoms with Gasteiger partial charge in [-0.15, -0.1) is 0 Å². The van der Waals surface area contributed by atoms with E-state index in [2.05, 4.69) is 17.4 Å². The van der Waals surface area contributed by atoms with E-state index >= 15 is 0 Å². The third-order valence-electron chi connectivity index (χ3n) is 9.90. The summed E-state index contributed by atoms with van der Waals surface area (Å²) < 4.78 is 18.8. The van der Waals surface area contributed by atoms with Crippen LogP contribution in [0.3, 0.4) is 0 Å². The normalized spacial score (nSPS) is 13.3. The maximum Gasteiger partial charge on any atom is 0.407 e. The Morgan fingerprint density at radius 1 is 0.698 bits per heavy atom. The Bertz CT molecular complexity index is 2170. The number of methoxy groups -OCH3 is 1. The van der Waals surface area contributed by atoms with Gasteiger partial charge in [0, 0.05) is 27.6 Å². The van der Waals surface area contributed by atoms with Gasteiger partial charge in [0.05, 0.1) is 19.1 Å². The molecule has 8 heteroatoms. The Kier molecular flexibility index (Phi) is 9.94. The highest BCUT2D eigenvalue weighted by Gasteiger charge is 2.42. The number of aliphatic carboxylic acids is 1. The van der Waals surface area contributed by atoms with Gasteiger partial charge in [-0.05, 0) is 52.9 Å². The lowest BCUT2D eigenvalue weighted by molar-refractivity contribution is -0.138. The molecule has 1 aliphatic carbocycles. The van der Waals surface area contributed by atoms with E-state index in [1.807, 2.05) is 121 Å². The van der Waals surface area contributed by atoms with Gasteiger partial charge in [-0.25, -0.2) is 4.79 Å². The number of carbonyl (C=O) groups is 2. The van der Waals surface area contributed by atoms with E-state index in [0.29, 0.717) is 22.1 Å². The topological polar surface area (TPSA) is 94.1 Å². The molecule has 6 aromatic carbocycles. The maximum atomic E-state index is 13.5. The lowest BCUT2D eigenvalue weighted by atomic mass is 9.80. The third-order valence-corrected chi connectivity index (χ3v) is 10.2. The highest BCUT2D eigenvalue weighted by molar-refractivity contribution is 6.31. The summed E-state index contributed by atoms with van der Waals surface area (Å²) in [6.45, 7) is 1.74. The number of carboxylic acid groups (broad SMARTS) is 1. The largest absolute Gasteiger partial charge is 0.493 e. The van der Waals surface area contributed by atoms with Crippen molar-refractivity contribution < 1.29 is 28.9 Å². The Morgan fingerprint density at radius 2 is 1.25 bits per heavy atom. The molecular weight excluding hydrogens is 686 g/mol. The minimum absolute atomic E-state index is 0.0855. The average molecular weight is 724 g/mol. The number of rotatable bonds is 12. The number of hydrogen-bond acceptors (Lipinski definition) is 5. The number of fused-ring (bicyclic) bond motifs is 3. The molecule has 7 rings (SSSR count). The van der Waals surface area contributed by atoms with E-state index in [9.17, 15) is 14.7 Å². The lowest BCUT2D eigenvalue weighted by Crippen LogP contribution is -2.45. The highest BCUT2D eigenvalue weighted by atomic mass is 35.5. The van der Waals surface area contributed by atoms with Gasteiger partial charge in [0.1, 0.15) is 6.61 Å². The van der Waals surface area contributed by atoms with Gasteiger partial charge in [-0.3, -0.25) is 4.79 Å². The first-order valence-electron chi connectivity index (χ1n) is 17.3. The van der Waals surface area contributed by atoms with E-state index in [4.69, 9.17) is 25.8 Å². The van der Waals surface area contributed by atoms with Crippen molar-refractivity contribution >= 4 is 23.7 Å². The van der Waals surface area contributed by atoms with Gasteiger partial charge < -0.3 is 24.6 Å². The fourth-order valence-electron chi connectivity index (χ4n) is 7.38. The van der Waals surface area contributed by atoms with Gasteiger partial charge in [0.2, 0.25) is 0 Å². The van der Waals surface area contributed by atoms with E-state index in [-0.39, 0.29) is 12.5 Å². The zero-order valence-electron chi connectivity index (χ0n) is 29.3. The van der Waals surface area contributed by atoms with Crippen LogP contribution in [0.4, 0.5) is 4.79 Å². The van der Waals surface area contributed by atoms with Crippen LogP contribution in [0.2, 0.25) is 5.02 Å². The number of hydrogen-bond donors (Lipinski definition) is 2. The molecule has 7 nitrogen and oxygen atoms in total. The number of amides is 1. The predicted octanol–water partition coefficient (Wildman–Crippen LogP) is 9.95. The zero-order chi connectivity index (χ0) is 37.0. The molecule has 0 radical (unpaired) electrons. The minimum atomic E-state index is -1.38. The van der Waals surface area contributed by atoms with E-state index in [1.54, 1.807) is 25.1 Å². The quantitative estimate of drug-likeness (QED) is 0.122. The minimum Gasteiger partial charge on any atom is -0.493 e. The fourth-order valence-corrected chi connectivity index (χ4v) is 7.65. The standard InChI is InChI=1S/C45H38ClNO6/c1-44(28-42(48)49,47-43(50)52-29-37-35-21-11-9-19-33(35)34-20-10-12-22-36(34)37)32-25-26-40(41(27-32)51-2)53-45(30-15-5-3-6-16-30,31-17-7-4-8-18-31)38-23-13-14-24-39(38)46/h3-27,37H,28-29H2,1-2H3,(H,47,50)(H,48,49). The molecule has 0 aromatic heterocycles. The number of carbonyl (C=O) groups excluding carboxylic acids is 1. The van der Waals surface area contributed by atoms with Crippen LogP contribution < -0.4 is 14.8 Å². The van der Waals surface area contributed by atoms with Crippen LogP contribution in [0.15, 0.2) is 152 Å². The van der Waals surface area contributed by atoms with Crippen LogP contribution in [0.25, 0.3) is 11.1 Å². The van der Waals surface area contributed by atoms with Crippen molar-refractivity contribution in [3.05, 3.63) is 190 Å². The number of carboxylic acids is 1. The molecule has 1 atom stereocenters. The molecule has 53 heavy (non-hydrogen) atoms. The molecule has 1 aliphatic rings. The number of ether oxygens (including phenoxy) is 3. The Hall–Kier alpha value is -6.05. The van der Waals surface area contributed by atoms with E-state index < -0.39 is 29.6 Å². The van der Waals surface area contributed by atoms with Crippen molar-refractivity contribution in [2.45, 2.75) is 30.4 Å². The Balaban J connectivity index is 1.22. The molecule has 0 bridgehead atoms. The molecule has 0 saturated heterocycles. The van der Waals surface area contributed by atoms with Gasteiger partial charge in [-0.2, -0.15) is 0 Å². The first kappa shape index (κ1) is 35.4. The zero-order valence-corrected chi connectivity index (χ0v) is 30.0. The average Bonchev–Trinajstić information content (AvgIpc) is 3.50. The predicted molar refractivity (Wildman–Crippen MR) is 206 cm³/mol. The summed E-state index contributed by atoms with van der Waals surface area (Å²) in [5.41, 5.74) is 4.66. The Morgan fingerprint density at radius 3 is 1.81 bits per heavy atom. The van der Waals surface area contributed by atoms with Crippen molar-refractivity contribution in [1.82, 2.24) is 5.32 Å². The summed E-state index contributed by atoms with van der Waals surface area (Å²) in [7, 11) is 1.52. The summed E-state index contributed by atoms with van der Waals surface area (Å²) in [6, 6.07) is 48.4. The molecule has 0 fully saturated rings. The molecule has 0 aliphatic heterocycles. The van der Waals surface area contributed by atoms with Gasteiger partial charge >= 0.3 is 12.1 Å². The molecule has 1 unspecified atom stereocenters. The van der Waals surface area contributed by atoms with Crippen LogP contribution in [0.1, 0.15) is 52.6 Å². The molecule has 0 spiro atoms. The number of nitrogens with one attached hydrogen (secondary N) is 1. The second kappa shape index (κ2) is 14.9. The van der Waals surface area contributed by atoms with Crippen molar-refractivity contribution in [2.24, 2.45) is 0 Å². The third kappa shape index (κ3) is 6.84. The number of halogens is 1. The van der Waals surface area contributed by atoms with E-state index in [0.717, 1.165) is 38.9 Å². The fraction of sp³-hybridized carbons (Fsp3) is 0.156. The lowest BCUT2D eigenvalue weighted by Gasteiger charge is -2.37. The van der Waals surface area contributed by atoms with Crippen LogP contribution in [0, 0.1) is 0 Å². The number of alkyl carbamates (subject to hydrolysis) is 1. The summed E-state index contributed by atoms with van der Waals surface area (Å²) in [4.78, 5) is 25.8. The first-order chi connectivity index (χ1) is 25.7. The summed E-state index contributed by atoms with van der Waals surface area (Å²) in [6.07, 6.45) is -1.15. The smallest absolute Gasteiger partial charge is 0.407 e. The summed E-state index contributed by atoms with van der Waals surface area (Å²) in [5.74, 6) is -0.543. The molecule has 0 heterocycles. The summed E-state index contributed by atoms with van der Waals surface area (Å²) in [5, 5.41) is 13.4. The second-order valence-corrected chi connectivity index (χ2v) is 13.6. The number of benzene rings is 6. The molecule has 2 N–H and O–H groups in total. The van der Waals surface area contributed by atoms with Crippen molar-refractivity contribution in [3.63, 3.8) is 0 Å². The van der Waals surface area contributed by atoms with Crippen molar-refractivity contribution in [1.29, 1.82) is 0 Å². The van der Waals surface area contributed by atoms with Gasteiger partial charge in [-0.1, -0.05) is 145 Å². The maximum absolute atomic E-state index is 13.5. The van der Waals surface area contributed by atoms with Crippen LogP contribution in [-0.2, 0) is 20.7 Å². The molecular formula is C45H38ClNO6. The monoisotopic (exact) mass is 723 g/mol. The molecule has 1 amide bonds. The van der Waals surface area contributed by atoms with Crippen molar-refractivity contribution in [2.75, 3.05) is 13.7 Å². The van der Waals surface area contributed by atoms with Crippen LogP contribution >= 0.6 is 11.6 Å². The highest BCUT2D eigenvalue weighted by Crippen LogP contribution is 2.47. The molecule has 0 saturated carbocycles. The Labute approximate surface area is 313 Å². The van der Waals surface area contributed by atoms with Gasteiger partial charge in [0.25, 0.3) is 0 Å². The summed E-state index contributed by atoms with van der Waals surface area (Å²) >= 11 is 6.93. The van der Waals surface area contributed by atoms with Gasteiger partial charge in [0.15, 0.2) is 17.1 Å². The van der Waals surface area contributed by atoms with E-state index in [1.165, 1.54) is 7.11 Å². The van der Waals surface area contributed by atoms with Crippen LogP contribution in [-0.4, -0.2) is 30.9 Å². The SMILES string of the molecule is COc1cc(C(C)(CC(=O)O)NC(=O)OCC2c3ccccc3-c3ccccc32)ccc1OC(c1ccccc1)(c1ccccc1)c1ccccc1Cl. The second-order valence-electron chi connectivity index (χ2n) is 13.2. The van der Waals surface area contributed by atoms with Crippen molar-refractivity contribution in [3.8, 4) is 22.6 Å².